The Kier molecular flexibility index (Phi) is 6.03. The van der Waals surface area contributed by atoms with E-state index in [1.807, 2.05) is 11.3 Å². The number of thiophene rings is 1. The number of hydrogen-bond acceptors (Lipinski definition) is 3. The second-order valence-corrected chi connectivity index (χ2v) is 5.67. The van der Waals surface area contributed by atoms with E-state index in [1.165, 1.54) is 9.75 Å². The number of methoxy groups -OCH3 is 1. The van der Waals surface area contributed by atoms with E-state index in [2.05, 4.69) is 38.2 Å². The standard InChI is InChI=1S/C13H23NOS/c1-5-14-12(8-10(2)9-15-4)13-7-6-11(3)16-13/h6-7,10,12,14H,5,8-9H2,1-4H3. The smallest absolute Gasteiger partial charge is 0.0488 e. The Balaban J connectivity index is 2.60. The van der Waals surface area contributed by atoms with Crippen LogP contribution >= 0.6 is 11.3 Å². The minimum Gasteiger partial charge on any atom is -0.384 e. The molecule has 2 nitrogen and oxygen atoms in total. The average Bonchev–Trinajstić information content (AvgIpc) is 2.64. The summed E-state index contributed by atoms with van der Waals surface area (Å²) in [5, 5.41) is 3.56. The Morgan fingerprint density at radius 3 is 2.69 bits per heavy atom. The molecular formula is C13H23NOS. The fourth-order valence-corrected chi connectivity index (χ4v) is 2.91. The molecule has 0 amide bonds. The van der Waals surface area contributed by atoms with E-state index in [9.17, 15) is 0 Å². The average molecular weight is 241 g/mol. The summed E-state index contributed by atoms with van der Waals surface area (Å²) in [5.41, 5.74) is 0. The molecule has 1 aromatic heterocycles. The van der Waals surface area contributed by atoms with Crippen molar-refractivity contribution in [2.45, 2.75) is 33.2 Å². The van der Waals surface area contributed by atoms with Gasteiger partial charge in [0.25, 0.3) is 0 Å². The third kappa shape index (κ3) is 4.24. The van der Waals surface area contributed by atoms with E-state index < -0.39 is 0 Å². The third-order valence-electron chi connectivity index (χ3n) is 2.64. The lowest BCUT2D eigenvalue weighted by Gasteiger charge is -2.20. The first-order valence-corrected chi connectivity index (χ1v) is 6.77. The van der Waals surface area contributed by atoms with Crippen LogP contribution in [0.3, 0.4) is 0 Å². The SMILES string of the molecule is CCNC(CC(C)COC)c1ccc(C)s1. The zero-order chi connectivity index (χ0) is 12.0. The van der Waals surface area contributed by atoms with Crippen LogP contribution in [0.25, 0.3) is 0 Å². The predicted octanol–water partition coefficient (Wildman–Crippen LogP) is 3.38. The van der Waals surface area contributed by atoms with Crippen LogP contribution in [-0.2, 0) is 4.74 Å². The topological polar surface area (TPSA) is 21.3 Å². The van der Waals surface area contributed by atoms with Crippen molar-refractivity contribution in [1.82, 2.24) is 5.32 Å². The van der Waals surface area contributed by atoms with Gasteiger partial charge in [0.15, 0.2) is 0 Å². The molecule has 1 aromatic rings. The minimum atomic E-state index is 0.480. The fourth-order valence-electron chi connectivity index (χ4n) is 1.94. The van der Waals surface area contributed by atoms with Gasteiger partial charge in [0, 0.05) is 29.5 Å². The molecule has 2 atom stereocenters. The van der Waals surface area contributed by atoms with Crippen molar-refractivity contribution in [3.05, 3.63) is 21.9 Å². The van der Waals surface area contributed by atoms with E-state index in [0.717, 1.165) is 19.6 Å². The van der Waals surface area contributed by atoms with Crippen LogP contribution < -0.4 is 5.32 Å². The molecule has 0 saturated carbocycles. The second-order valence-electron chi connectivity index (χ2n) is 4.35. The third-order valence-corrected chi connectivity index (χ3v) is 3.76. The highest BCUT2D eigenvalue weighted by molar-refractivity contribution is 7.12. The molecule has 1 N–H and O–H groups in total. The van der Waals surface area contributed by atoms with Gasteiger partial charge in [0.2, 0.25) is 0 Å². The molecule has 0 aliphatic carbocycles. The van der Waals surface area contributed by atoms with Gasteiger partial charge in [-0.15, -0.1) is 11.3 Å². The summed E-state index contributed by atoms with van der Waals surface area (Å²) >= 11 is 1.89. The monoisotopic (exact) mass is 241 g/mol. The van der Waals surface area contributed by atoms with Crippen LogP contribution in [0, 0.1) is 12.8 Å². The Hall–Kier alpha value is -0.380. The highest BCUT2D eigenvalue weighted by Crippen LogP contribution is 2.27. The Morgan fingerprint density at radius 1 is 1.44 bits per heavy atom. The molecular weight excluding hydrogens is 218 g/mol. The van der Waals surface area contributed by atoms with Gasteiger partial charge in [-0.1, -0.05) is 13.8 Å². The van der Waals surface area contributed by atoms with Crippen LogP contribution in [0.4, 0.5) is 0 Å². The van der Waals surface area contributed by atoms with Gasteiger partial charge >= 0.3 is 0 Å². The zero-order valence-corrected chi connectivity index (χ0v) is 11.6. The number of nitrogens with one attached hydrogen (secondary N) is 1. The molecule has 0 spiro atoms. The van der Waals surface area contributed by atoms with Gasteiger partial charge in [0.05, 0.1) is 0 Å². The van der Waals surface area contributed by atoms with E-state index >= 15 is 0 Å². The van der Waals surface area contributed by atoms with Crippen molar-refractivity contribution in [3.63, 3.8) is 0 Å². The van der Waals surface area contributed by atoms with Crippen LogP contribution in [0.1, 0.15) is 36.1 Å². The number of hydrogen-bond donors (Lipinski definition) is 1. The maximum Gasteiger partial charge on any atom is 0.0488 e. The van der Waals surface area contributed by atoms with Crippen molar-refractivity contribution >= 4 is 11.3 Å². The molecule has 16 heavy (non-hydrogen) atoms. The van der Waals surface area contributed by atoms with Crippen molar-refractivity contribution < 1.29 is 4.74 Å². The van der Waals surface area contributed by atoms with E-state index in [4.69, 9.17) is 4.74 Å². The quantitative estimate of drug-likeness (QED) is 0.790. The first-order valence-electron chi connectivity index (χ1n) is 5.96. The zero-order valence-electron chi connectivity index (χ0n) is 10.7. The maximum atomic E-state index is 5.20. The second kappa shape index (κ2) is 7.05. The maximum absolute atomic E-state index is 5.20. The molecule has 3 heteroatoms. The van der Waals surface area contributed by atoms with Crippen LogP contribution in [0.2, 0.25) is 0 Å². The summed E-state index contributed by atoms with van der Waals surface area (Å²) in [5.74, 6) is 0.594. The summed E-state index contributed by atoms with van der Waals surface area (Å²) < 4.78 is 5.20. The number of ether oxygens (including phenoxy) is 1. The van der Waals surface area contributed by atoms with Gasteiger partial charge < -0.3 is 10.1 Å². The summed E-state index contributed by atoms with van der Waals surface area (Å²) in [7, 11) is 1.77. The highest BCUT2D eigenvalue weighted by atomic mass is 32.1. The normalized spacial score (nSPS) is 15.0. The molecule has 0 fully saturated rings. The largest absolute Gasteiger partial charge is 0.384 e. The lowest BCUT2D eigenvalue weighted by atomic mass is 10.0. The van der Waals surface area contributed by atoms with Crippen LogP contribution in [0.5, 0.6) is 0 Å². The van der Waals surface area contributed by atoms with Gasteiger partial charge in [-0.05, 0) is 37.9 Å². The molecule has 1 heterocycles. The predicted molar refractivity (Wildman–Crippen MR) is 71.1 cm³/mol. The molecule has 2 unspecified atom stereocenters. The molecule has 0 saturated heterocycles. The molecule has 0 bridgehead atoms. The van der Waals surface area contributed by atoms with Crippen molar-refractivity contribution in [2.24, 2.45) is 5.92 Å². The molecule has 1 rings (SSSR count). The first kappa shape index (κ1) is 13.7. The molecule has 0 aromatic carbocycles. The molecule has 0 aliphatic rings. The van der Waals surface area contributed by atoms with Gasteiger partial charge in [-0.2, -0.15) is 0 Å². The van der Waals surface area contributed by atoms with Crippen molar-refractivity contribution in [2.75, 3.05) is 20.3 Å². The summed E-state index contributed by atoms with van der Waals surface area (Å²) in [6.07, 6.45) is 1.14. The van der Waals surface area contributed by atoms with E-state index in [-0.39, 0.29) is 0 Å². The van der Waals surface area contributed by atoms with Gasteiger partial charge in [-0.25, -0.2) is 0 Å². The van der Waals surface area contributed by atoms with Crippen LogP contribution in [-0.4, -0.2) is 20.3 Å². The summed E-state index contributed by atoms with van der Waals surface area (Å²) in [6, 6.07) is 4.92. The first-order chi connectivity index (χ1) is 7.67. The van der Waals surface area contributed by atoms with Gasteiger partial charge in [-0.3, -0.25) is 0 Å². The van der Waals surface area contributed by atoms with Gasteiger partial charge in [0.1, 0.15) is 0 Å². The molecule has 0 radical (unpaired) electrons. The van der Waals surface area contributed by atoms with E-state index in [0.29, 0.717) is 12.0 Å². The molecule has 0 aliphatic heterocycles. The highest BCUT2D eigenvalue weighted by Gasteiger charge is 2.15. The summed E-state index contributed by atoms with van der Waals surface area (Å²) in [4.78, 5) is 2.83. The number of rotatable bonds is 7. The van der Waals surface area contributed by atoms with Crippen molar-refractivity contribution in [1.29, 1.82) is 0 Å². The fraction of sp³-hybridized carbons (Fsp3) is 0.692. The van der Waals surface area contributed by atoms with E-state index in [1.54, 1.807) is 7.11 Å². The van der Waals surface area contributed by atoms with Crippen LogP contribution in [0.15, 0.2) is 12.1 Å². The Labute approximate surface area is 103 Å². The Bertz CT molecular complexity index is 298. The Morgan fingerprint density at radius 2 is 2.19 bits per heavy atom. The lowest BCUT2D eigenvalue weighted by Crippen LogP contribution is -2.23. The summed E-state index contributed by atoms with van der Waals surface area (Å²) in [6.45, 7) is 8.42. The minimum absolute atomic E-state index is 0.480. The molecule has 92 valence electrons. The lowest BCUT2D eigenvalue weighted by molar-refractivity contribution is 0.149. The number of aryl methyl sites for hydroxylation is 1. The van der Waals surface area contributed by atoms with Crippen molar-refractivity contribution in [3.8, 4) is 0 Å².